The molecule has 0 aliphatic carbocycles. The highest BCUT2D eigenvalue weighted by Crippen LogP contribution is 2.23. The molecule has 1 fully saturated rings. The highest BCUT2D eigenvalue weighted by Gasteiger charge is 2.29. The van der Waals surface area contributed by atoms with Crippen LogP contribution in [-0.2, 0) is 14.3 Å². The molecule has 0 spiro atoms. The molecule has 0 aromatic carbocycles. The van der Waals surface area contributed by atoms with Crippen molar-refractivity contribution in [3.63, 3.8) is 0 Å². The van der Waals surface area contributed by atoms with Gasteiger partial charge in [0.15, 0.2) is 0 Å². The second-order valence-corrected chi connectivity index (χ2v) is 5.46. The molecule has 1 rings (SSSR count). The fourth-order valence-corrected chi connectivity index (χ4v) is 2.86. The van der Waals surface area contributed by atoms with E-state index in [1.54, 1.807) is 11.8 Å². The lowest BCUT2D eigenvalue weighted by molar-refractivity contribution is -0.146. The van der Waals surface area contributed by atoms with Crippen LogP contribution in [0.25, 0.3) is 0 Å². The van der Waals surface area contributed by atoms with E-state index in [1.807, 2.05) is 13.8 Å². The Balaban J connectivity index is 2.53. The number of hydrogen-bond acceptors (Lipinski definition) is 4. The molecule has 2 unspecified atom stereocenters. The lowest BCUT2D eigenvalue weighted by atomic mass is 10.0. The van der Waals surface area contributed by atoms with Crippen molar-refractivity contribution in [2.75, 3.05) is 18.6 Å². The van der Waals surface area contributed by atoms with Crippen LogP contribution in [0.1, 0.15) is 20.3 Å². The molecule has 0 saturated carbocycles. The number of esters is 1. The van der Waals surface area contributed by atoms with Gasteiger partial charge in [0, 0.05) is 11.7 Å². The molecule has 2 atom stereocenters. The van der Waals surface area contributed by atoms with E-state index in [0.717, 1.165) is 17.9 Å². The summed E-state index contributed by atoms with van der Waals surface area (Å²) in [5.74, 6) is 1.60. The van der Waals surface area contributed by atoms with Crippen molar-refractivity contribution in [3.05, 3.63) is 0 Å². The quantitative estimate of drug-likeness (QED) is 0.752. The monoisotopic (exact) mass is 245 g/mol. The molecule has 0 bridgehead atoms. The molecule has 1 aliphatic heterocycles. The number of rotatable bonds is 4. The second-order valence-electron chi connectivity index (χ2n) is 4.31. The number of carbonyl (C=O) groups excluding carboxylic acids is 2. The molecule has 0 aromatic heterocycles. The van der Waals surface area contributed by atoms with Gasteiger partial charge in [-0.15, -0.1) is 0 Å². The highest BCUT2D eigenvalue weighted by molar-refractivity contribution is 7.99. The summed E-state index contributed by atoms with van der Waals surface area (Å²) < 4.78 is 4.68. The normalized spacial score (nSPS) is 21.9. The minimum Gasteiger partial charge on any atom is -0.467 e. The Labute approximate surface area is 100 Å². The largest absolute Gasteiger partial charge is 0.467 e. The molecular weight excluding hydrogens is 226 g/mol. The number of thioether (sulfide) groups is 1. The van der Waals surface area contributed by atoms with Crippen LogP contribution in [0.4, 0.5) is 0 Å². The van der Waals surface area contributed by atoms with E-state index in [1.165, 1.54) is 7.11 Å². The number of methoxy groups -OCH3 is 1. The van der Waals surface area contributed by atoms with Crippen LogP contribution in [-0.4, -0.2) is 36.5 Å². The van der Waals surface area contributed by atoms with Gasteiger partial charge in [-0.05, 0) is 18.1 Å². The third-order valence-electron chi connectivity index (χ3n) is 2.72. The molecule has 1 N–H and O–H groups in total. The summed E-state index contributed by atoms with van der Waals surface area (Å²) in [7, 11) is 1.34. The lowest BCUT2D eigenvalue weighted by Crippen LogP contribution is -2.47. The SMILES string of the molecule is COC(=O)C(NC(=O)C1CCSC1)C(C)C. The summed E-state index contributed by atoms with van der Waals surface area (Å²) in [5.41, 5.74) is 0. The highest BCUT2D eigenvalue weighted by atomic mass is 32.2. The molecule has 1 aliphatic rings. The molecule has 1 amide bonds. The van der Waals surface area contributed by atoms with Gasteiger partial charge >= 0.3 is 5.97 Å². The molecule has 0 radical (unpaired) electrons. The van der Waals surface area contributed by atoms with Crippen molar-refractivity contribution in [2.24, 2.45) is 11.8 Å². The van der Waals surface area contributed by atoms with E-state index in [4.69, 9.17) is 0 Å². The van der Waals surface area contributed by atoms with Gasteiger partial charge in [-0.25, -0.2) is 4.79 Å². The van der Waals surface area contributed by atoms with E-state index in [-0.39, 0.29) is 23.7 Å². The molecule has 1 heterocycles. The zero-order valence-corrected chi connectivity index (χ0v) is 10.8. The van der Waals surface area contributed by atoms with Crippen molar-refractivity contribution >= 4 is 23.6 Å². The Kier molecular flexibility index (Phi) is 5.12. The first-order chi connectivity index (χ1) is 7.56. The van der Waals surface area contributed by atoms with Gasteiger partial charge in [0.25, 0.3) is 0 Å². The summed E-state index contributed by atoms with van der Waals surface area (Å²) >= 11 is 1.78. The van der Waals surface area contributed by atoms with Gasteiger partial charge < -0.3 is 10.1 Å². The van der Waals surface area contributed by atoms with Crippen molar-refractivity contribution < 1.29 is 14.3 Å². The van der Waals surface area contributed by atoms with Crippen LogP contribution < -0.4 is 5.32 Å². The van der Waals surface area contributed by atoms with Crippen molar-refractivity contribution in [2.45, 2.75) is 26.3 Å². The van der Waals surface area contributed by atoms with Gasteiger partial charge in [0.05, 0.1) is 7.11 Å². The molecule has 92 valence electrons. The zero-order valence-electron chi connectivity index (χ0n) is 9.99. The van der Waals surface area contributed by atoms with E-state index in [0.29, 0.717) is 0 Å². The number of hydrogen-bond donors (Lipinski definition) is 1. The van der Waals surface area contributed by atoms with Crippen molar-refractivity contribution in [1.82, 2.24) is 5.32 Å². The fraction of sp³-hybridized carbons (Fsp3) is 0.818. The van der Waals surface area contributed by atoms with Gasteiger partial charge in [-0.3, -0.25) is 4.79 Å². The van der Waals surface area contributed by atoms with Gasteiger partial charge in [-0.1, -0.05) is 13.8 Å². The van der Waals surface area contributed by atoms with Crippen LogP contribution in [0.2, 0.25) is 0 Å². The summed E-state index contributed by atoms with van der Waals surface area (Å²) in [6.07, 6.45) is 0.905. The predicted octanol–water partition coefficient (Wildman–Crippen LogP) is 1.05. The topological polar surface area (TPSA) is 55.4 Å². The van der Waals surface area contributed by atoms with Gasteiger partial charge in [0.2, 0.25) is 5.91 Å². The Hall–Kier alpha value is -0.710. The van der Waals surface area contributed by atoms with Crippen LogP contribution in [0.5, 0.6) is 0 Å². The maximum Gasteiger partial charge on any atom is 0.328 e. The first-order valence-electron chi connectivity index (χ1n) is 5.52. The van der Waals surface area contributed by atoms with Crippen molar-refractivity contribution in [3.8, 4) is 0 Å². The molecule has 1 saturated heterocycles. The average Bonchev–Trinajstić information content (AvgIpc) is 2.77. The third-order valence-corrected chi connectivity index (χ3v) is 3.88. The molecule has 4 nitrogen and oxygen atoms in total. The Bertz CT molecular complexity index is 262. The number of amides is 1. The van der Waals surface area contributed by atoms with E-state index in [9.17, 15) is 9.59 Å². The number of nitrogens with one attached hydrogen (secondary N) is 1. The van der Waals surface area contributed by atoms with Gasteiger partial charge in [-0.2, -0.15) is 11.8 Å². The summed E-state index contributed by atoms with van der Waals surface area (Å²) in [5, 5.41) is 2.78. The lowest BCUT2D eigenvalue weighted by Gasteiger charge is -2.21. The third kappa shape index (κ3) is 3.40. The Morgan fingerprint density at radius 2 is 2.12 bits per heavy atom. The first kappa shape index (κ1) is 13.4. The maximum atomic E-state index is 11.8. The predicted molar refractivity (Wildman–Crippen MR) is 64.2 cm³/mol. The number of carbonyl (C=O) groups is 2. The van der Waals surface area contributed by atoms with E-state index in [2.05, 4.69) is 10.1 Å². The molecule has 16 heavy (non-hydrogen) atoms. The van der Waals surface area contributed by atoms with E-state index < -0.39 is 6.04 Å². The number of ether oxygens (including phenoxy) is 1. The maximum absolute atomic E-state index is 11.8. The summed E-state index contributed by atoms with van der Waals surface area (Å²) in [6.45, 7) is 3.79. The standard InChI is InChI=1S/C11H19NO3S/c1-7(2)9(11(14)15-3)12-10(13)8-4-5-16-6-8/h7-9H,4-6H2,1-3H3,(H,12,13). The Morgan fingerprint density at radius 1 is 1.44 bits per heavy atom. The van der Waals surface area contributed by atoms with Gasteiger partial charge in [0.1, 0.15) is 6.04 Å². The van der Waals surface area contributed by atoms with Crippen LogP contribution in [0, 0.1) is 11.8 Å². The summed E-state index contributed by atoms with van der Waals surface area (Å²) in [6, 6.07) is -0.525. The molecule has 0 aromatic rings. The minimum atomic E-state index is -0.525. The smallest absolute Gasteiger partial charge is 0.328 e. The average molecular weight is 245 g/mol. The van der Waals surface area contributed by atoms with Crippen molar-refractivity contribution in [1.29, 1.82) is 0 Å². The summed E-state index contributed by atoms with van der Waals surface area (Å²) in [4.78, 5) is 23.3. The van der Waals surface area contributed by atoms with Crippen LogP contribution >= 0.6 is 11.8 Å². The molecular formula is C11H19NO3S. The molecule has 5 heteroatoms. The minimum absolute atomic E-state index is 0.0194. The van der Waals surface area contributed by atoms with Crippen LogP contribution in [0.15, 0.2) is 0 Å². The Morgan fingerprint density at radius 3 is 2.56 bits per heavy atom. The van der Waals surface area contributed by atoms with Crippen LogP contribution in [0.3, 0.4) is 0 Å². The fourth-order valence-electron chi connectivity index (χ4n) is 1.64. The first-order valence-corrected chi connectivity index (χ1v) is 6.67. The second kappa shape index (κ2) is 6.13. The van der Waals surface area contributed by atoms with E-state index >= 15 is 0 Å². The zero-order chi connectivity index (χ0) is 12.1.